The molecule has 1 heterocycles. The van der Waals surface area contributed by atoms with Gasteiger partial charge >= 0.3 is 0 Å². The van der Waals surface area contributed by atoms with Crippen LogP contribution in [0.25, 0.3) is 0 Å². The number of amidine groups is 1. The standard InChI is InChI=1S/C11H17N5O2S/c1-7-10(19-15-13-7)11(17)16(6-9(12)14-18)8-4-2-3-5-8/h8,18H,2-6H2,1H3,(H2,12,14). The van der Waals surface area contributed by atoms with E-state index < -0.39 is 0 Å². The van der Waals surface area contributed by atoms with Crippen molar-refractivity contribution >= 4 is 23.3 Å². The smallest absolute Gasteiger partial charge is 0.268 e. The van der Waals surface area contributed by atoms with Crippen molar-refractivity contribution in [1.82, 2.24) is 14.5 Å². The van der Waals surface area contributed by atoms with E-state index in [9.17, 15) is 4.79 Å². The maximum Gasteiger partial charge on any atom is 0.268 e. The minimum atomic E-state index is -0.133. The molecule has 19 heavy (non-hydrogen) atoms. The highest BCUT2D eigenvalue weighted by Crippen LogP contribution is 2.25. The molecule has 104 valence electrons. The second-order valence-electron chi connectivity index (χ2n) is 4.65. The minimum absolute atomic E-state index is 0.0374. The second kappa shape index (κ2) is 5.96. The second-order valence-corrected chi connectivity index (χ2v) is 5.40. The Bertz CT molecular complexity index is 481. The van der Waals surface area contributed by atoms with Crippen LogP contribution in [0.4, 0.5) is 0 Å². The van der Waals surface area contributed by atoms with Crippen LogP contribution in [0.2, 0.25) is 0 Å². The molecular formula is C11H17N5O2S. The number of aromatic nitrogens is 2. The van der Waals surface area contributed by atoms with Gasteiger partial charge in [0, 0.05) is 6.04 Å². The van der Waals surface area contributed by atoms with Gasteiger partial charge in [-0.1, -0.05) is 22.5 Å². The van der Waals surface area contributed by atoms with Gasteiger partial charge in [0.2, 0.25) is 0 Å². The van der Waals surface area contributed by atoms with Crippen molar-refractivity contribution < 1.29 is 10.0 Å². The summed E-state index contributed by atoms with van der Waals surface area (Å²) in [6.45, 7) is 1.89. The normalized spacial score (nSPS) is 16.8. The number of hydrogen-bond acceptors (Lipinski definition) is 6. The van der Waals surface area contributed by atoms with Gasteiger partial charge in [0.15, 0.2) is 5.84 Å². The fourth-order valence-electron chi connectivity index (χ4n) is 2.35. The monoisotopic (exact) mass is 283 g/mol. The zero-order chi connectivity index (χ0) is 13.8. The van der Waals surface area contributed by atoms with Crippen molar-refractivity contribution in [2.24, 2.45) is 10.9 Å². The fourth-order valence-corrected chi connectivity index (χ4v) is 2.96. The van der Waals surface area contributed by atoms with Crippen molar-refractivity contribution in [3.05, 3.63) is 10.6 Å². The summed E-state index contributed by atoms with van der Waals surface area (Å²) >= 11 is 1.08. The molecule has 1 fully saturated rings. The van der Waals surface area contributed by atoms with Crippen molar-refractivity contribution in [2.45, 2.75) is 38.6 Å². The Morgan fingerprint density at radius 2 is 2.26 bits per heavy atom. The van der Waals surface area contributed by atoms with Crippen LogP contribution in [-0.4, -0.2) is 44.0 Å². The van der Waals surface area contributed by atoms with E-state index in [0.29, 0.717) is 10.6 Å². The van der Waals surface area contributed by atoms with Gasteiger partial charge in [0.25, 0.3) is 5.91 Å². The zero-order valence-corrected chi connectivity index (χ0v) is 11.6. The summed E-state index contributed by atoms with van der Waals surface area (Å²) in [7, 11) is 0. The molecule has 3 N–H and O–H groups in total. The first kappa shape index (κ1) is 13.7. The third-order valence-corrected chi connectivity index (χ3v) is 4.15. The summed E-state index contributed by atoms with van der Waals surface area (Å²) in [4.78, 5) is 14.7. The lowest BCUT2D eigenvalue weighted by atomic mass is 10.2. The molecule has 2 rings (SSSR count). The molecule has 8 heteroatoms. The lowest BCUT2D eigenvalue weighted by Crippen LogP contribution is -2.44. The van der Waals surface area contributed by atoms with Crippen LogP contribution in [0.15, 0.2) is 5.16 Å². The predicted molar refractivity (Wildman–Crippen MR) is 71.3 cm³/mol. The van der Waals surface area contributed by atoms with E-state index in [4.69, 9.17) is 10.9 Å². The van der Waals surface area contributed by atoms with Crippen LogP contribution in [0.1, 0.15) is 41.0 Å². The molecule has 1 aromatic heterocycles. The molecule has 0 aromatic carbocycles. The number of nitrogens with two attached hydrogens (primary N) is 1. The van der Waals surface area contributed by atoms with Crippen molar-refractivity contribution in [1.29, 1.82) is 0 Å². The average molecular weight is 283 g/mol. The Kier molecular flexibility index (Phi) is 4.31. The summed E-state index contributed by atoms with van der Waals surface area (Å²) in [6.07, 6.45) is 4.11. The number of carbonyl (C=O) groups is 1. The first-order chi connectivity index (χ1) is 9.13. The molecule has 0 unspecified atom stereocenters. The highest BCUT2D eigenvalue weighted by Gasteiger charge is 2.30. The summed E-state index contributed by atoms with van der Waals surface area (Å²) < 4.78 is 3.78. The Balaban J connectivity index is 2.21. The topological polar surface area (TPSA) is 105 Å². The van der Waals surface area contributed by atoms with Gasteiger partial charge in [-0.05, 0) is 31.3 Å². The van der Waals surface area contributed by atoms with Crippen molar-refractivity contribution in [2.75, 3.05) is 6.54 Å². The summed E-state index contributed by atoms with van der Waals surface area (Å²) in [5.41, 5.74) is 6.17. The van der Waals surface area contributed by atoms with E-state index in [2.05, 4.69) is 14.7 Å². The van der Waals surface area contributed by atoms with Crippen LogP contribution in [0.3, 0.4) is 0 Å². The lowest BCUT2D eigenvalue weighted by molar-refractivity contribution is 0.0716. The molecule has 0 aliphatic heterocycles. The molecular weight excluding hydrogens is 266 g/mol. The van der Waals surface area contributed by atoms with Gasteiger partial charge in [-0.3, -0.25) is 4.79 Å². The number of amides is 1. The Labute approximate surface area is 115 Å². The number of hydrogen-bond donors (Lipinski definition) is 2. The van der Waals surface area contributed by atoms with Crippen LogP contribution in [0.5, 0.6) is 0 Å². The molecule has 0 spiro atoms. The Morgan fingerprint density at radius 1 is 1.58 bits per heavy atom. The molecule has 0 atom stereocenters. The minimum Gasteiger partial charge on any atom is -0.409 e. The molecule has 1 aliphatic rings. The quantitative estimate of drug-likeness (QED) is 0.371. The van der Waals surface area contributed by atoms with E-state index in [1.165, 1.54) is 0 Å². The number of nitrogens with zero attached hydrogens (tertiary/aromatic N) is 4. The number of oxime groups is 1. The van der Waals surface area contributed by atoms with Crippen LogP contribution in [0, 0.1) is 6.92 Å². The summed E-state index contributed by atoms with van der Waals surface area (Å²) in [5.74, 6) is -0.0959. The first-order valence-electron chi connectivity index (χ1n) is 6.19. The van der Waals surface area contributed by atoms with E-state index in [-0.39, 0.29) is 24.3 Å². The molecule has 1 aliphatic carbocycles. The van der Waals surface area contributed by atoms with Gasteiger partial charge in [-0.15, -0.1) is 5.10 Å². The lowest BCUT2D eigenvalue weighted by Gasteiger charge is -2.27. The third kappa shape index (κ3) is 3.01. The molecule has 7 nitrogen and oxygen atoms in total. The summed E-state index contributed by atoms with van der Waals surface area (Å²) in [6, 6.07) is 0.147. The number of aryl methyl sites for hydroxylation is 1. The summed E-state index contributed by atoms with van der Waals surface area (Å²) in [5, 5.41) is 15.5. The molecule has 1 amide bonds. The van der Waals surface area contributed by atoms with Crippen molar-refractivity contribution in [3.8, 4) is 0 Å². The van der Waals surface area contributed by atoms with Crippen LogP contribution >= 0.6 is 11.5 Å². The van der Waals surface area contributed by atoms with Gasteiger partial charge < -0.3 is 15.8 Å². The third-order valence-electron chi connectivity index (χ3n) is 3.33. The van der Waals surface area contributed by atoms with Gasteiger partial charge in [-0.2, -0.15) is 0 Å². The maximum absolute atomic E-state index is 12.5. The van der Waals surface area contributed by atoms with Gasteiger partial charge in [0.1, 0.15) is 4.88 Å². The molecule has 1 saturated carbocycles. The largest absolute Gasteiger partial charge is 0.409 e. The average Bonchev–Trinajstić information content (AvgIpc) is 3.05. The van der Waals surface area contributed by atoms with E-state index in [1.807, 2.05) is 0 Å². The van der Waals surface area contributed by atoms with Crippen LogP contribution < -0.4 is 5.73 Å². The highest BCUT2D eigenvalue weighted by atomic mass is 32.1. The number of carbonyl (C=O) groups excluding carboxylic acids is 1. The Hall–Kier alpha value is -1.70. The number of rotatable bonds is 4. The van der Waals surface area contributed by atoms with Gasteiger partial charge in [-0.25, -0.2) is 0 Å². The van der Waals surface area contributed by atoms with Crippen LogP contribution in [-0.2, 0) is 0 Å². The predicted octanol–water partition coefficient (Wildman–Crippen LogP) is 0.978. The molecule has 1 aromatic rings. The molecule has 0 radical (unpaired) electrons. The van der Waals surface area contributed by atoms with E-state index in [0.717, 1.165) is 37.2 Å². The maximum atomic E-state index is 12.5. The zero-order valence-electron chi connectivity index (χ0n) is 10.7. The molecule has 0 bridgehead atoms. The first-order valence-corrected chi connectivity index (χ1v) is 6.97. The van der Waals surface area contributed by atoms with Crippen molar-refractivity contribution in [3.63, 3.8) is 0 Å². The van der Waals surface area contributed by atoms with Gasteiger partial charge in [0.05, 0.1) is 12.2 Å². The van der Waals surface area contributed by atoms with E-state index >= 15 is 0 Å². The molecule has 0 saturated heterocycles. The Morgan fingerprint density at radius 3 is 2.79 bits per heavy atom. The SMILES string of the molecule is Cc1nnsc1C(=O)N(CC(N)=NO)C1CCCC1. The van der Waals surface area contributed by atoms with E-state index in [1.54, 1.807) is 11.8 Å². The highest BCUT2D eigenvalue weighted by molar-refractivity contribution is 7.07. The fraction of sp³-hybridized carbons (Fsp3) is 0.636.